The number of carbonyl (C=O) groups excluding carboxylic acids is 1. The van der Waals surface area contributed by atoms with Gasteiger partial charge in [-0.2, -0.15) is 0 Å². The number of nitrogens with two attached hydrogens (primary N) is 1. The van der Waals surface area contributed by atoms with E-state index in [-0.39, 0.29) is 24.2 Å². The van der Waals surface area contributed by atoms with Gasteiger partial charge in [0.15, 0.2) is 23.1 Å². The number of amides is 1. The fourth-order valence-electron chi connectivity index (χ4n) is 2.60. The highest BCUT2D eigenvalue weighted by molar-refractivity contribution is 5.95. The lowest BCUT2D eigenvalue weighted by molar-refractivity contribution is 0.0962. The lowest BCUT2D eigenvalue weighted by Crippen LogP contribution is -2.30. The van der Waals surface area contributed by atoms with Crippen molar-refractivity contribution in [3.05, 3.63) is 59.9 Å². The van der Waals surface area contributed by atoms with Gasteiger partial charge >= 0.3 is 0 Å². The van der Waals surface area contributed by atoms with Crippen molar-refractivity contribution in [3.8, 4) is 11.5 Å². The van der Waals surface area contributed by atoms with Crippen molar-refractivity contribution in [3.63, 3.8) is 0 Å². The van der Waals surface area contributed by atoms with Gasteiger partial charge in [-0.3, -0.25) is 15.6 Å². The maximum absolute atomic E-state index is 12.2. The zero-order valence-electron chi connectivity index (χ0n) is 15.0. The third-order valence-electron chi connectivity index (χ3n) is 4.13. The second-order valence-corrected chi connectivity index (χ2v) is 6.12. The number of hydrazine groups is 1. The first-order valence-corrected chi connectivity index (χ1v) is 8.50. The van der Waals surface area contributed by atoms with Crippen LogP contribution in [0, 0.1) is 6.92 Å². The van der Waals surface area contributed by atoms with Gasteiger partial charge in [0.25, 0.3) is 5.91 Å². The molecule has 0 bridgehead atoms. The lowest BCUT2D eigenvalue weighted by Gasteiger charge is -2.13. The predicted octanol–water partition coefficient (Wildman–Crippen LogP) is 2.60. The molecule has 3 aromatic rings. The molecule has 0 atom stereocenters. The van der Waals surface area contributed by atoms with Crippen LogP contribution in [0.5, 0.6) is 11.5 Å². The van der Waals surface area contributed by atoms with E-state index in [1.807, 2.05) is 25.1 Å². The van der Waals surface area contributed by atoms with Crippen molar-refractivity contribution in [1.29, 1.82) is 0 Å². The summed E-state index contributed by atoms with van der Waals surface area (Å²) < 4.78 is 10.7. The predicted molar refractivity (Wildman–Crippen MR) is 105 cm³/mol. The Bertz CT molecular complexity index is 1020. The van der Waals surface area contributed by atoms with Gasteiger partial charge in [0.1, 0.15) is 12.0 Å². The molecule has 2 heterocycles. The molecule has 1 aliphatic rings. The number of carbonyl (C=O) groups is 1. The Kier molecular flexibility index (Phi) is 4.55. The van der Waals surface area contributed by atoms with Crippen LogP contribution < -0.4 is 31.4 Å². The normalized spacial score (nSPS) is 11.8. The minimum absolute atomic E-state index is 0.198. The lowest BCUT2D eigenvalue weighted by atomic mass is 10.1. The van der Waals surface area contributed by atoms with E-state index in [4.69, 9.17) is 15.2 Å². The third kappa shape index (κ3) is 3.58. The summed E-state index contributed by atoms with van der Waals surface area (Å²) in [4.78, 5) is 20.4. The number of nitrogens with zero attached hydrogens (tertiary/aromatic N) is 2. The Labute approximate surface area is 160 Å². The summed E-state index contributed by atoms with van der Waals surface area (Å²) in [6.45, 7) is 2.15. The van der Waals surface area contributed by atoms with E-state index < -0.39 is 0 Å². The first-order valence-electron chi connectivity index (χ1n) is 8.50. The number of benzene rings is 2. The Hall–Kier alpha value is -4.01. The molecule has 28 heavy (non-hydrogen) atoms. The molecule has 9 nitrogen and oxygen atoms in total. The van der Waals surface area contributed by atoms with Gasteiger partial charge in [-0.1, -0.05) is 17.7 Å². The van der Waals surface area contributed by atoms with Crippen LogP contribution in [0.1, 0.15) is 15.9 Å². The molecule has 1 aromatic heterocycles. The molecule has 0 unspecified atom stereocenters. The molecule has 0 radical (unpaired) electrons. The second-order valence-electron chi connectivity index (χ2n) is 6.12. The molecule has 0 saturated heterocycles. The fraction of sp³-hybridized carbons (Fsp3) is 0.105. The van der Waals surface area contributed by atoms with Crippen LogP contribution in [0.3, 0.4) is 0 Å². The van der Waals surface area contributed by atoms with Crippen LogP contribution in [0.15, 0.2) is 48.8 Å². The minimum atomic E-state index is -0.303. The van der Waals surface area contributed by atoms with E-state index in [0.29, 0.717) is 22.9 Å². The summed E-state index contributed by atoms with van der Waals surface area (Å²) in [6.07, 6.45) is 1.34. The average Bonchev–Trinajstić information content (AvgIpc) is 3.17. The number of nitrogen functional groups attached to an aromatic ring is 1. The molecule has 0 saturated carbocycles. The summed E-state index contributed by atoms with van der Waals surface area (Å²) in [5.74, 6) is 1.69. The Morgan fingerprint density at radius 1 is 1.04 bits per heavy atom. The van der Waals surface area contributed by atoms with Gasteiger partial charge < -0.3 is 20.5 Å². The van der Waals surface area contributed by atoms with E-state index in [9.17, 15) is 4.79 Å². The van der Waals surface area contributed by atoms with Crippen LogP contribution in [0.4, 0.5) is 23.0 Å². The zero-order chi connectivity index (χ0) is 19.5. The van der Waals surface area contributed by atoms with E-state index in [1.165, 1.54) is 6.33 Å². The monoisotopic (exact) mass is 378 g/mol. The number of aromatic nitrogens is 2. The van der Waals surface area contributed by atoms with Crippen LogP contribution in [0.2, 0.25) is 0 Å². The Morgan fingerprint density at radius 3 is 2.61 bits per heavy atom. The second kappa shape index (κ2) is 7.31. The van der Waals surface area contributed by atoms with Crippen molar-refractivity contribution < 1.29 is 14.3 Å². The van der Waals surface area contributed by atoms with E-state index >= 15 is 0 Å². The van der Waals surface area contributed by atoms with Crippen molar-refractivity contribution in [2.24, 2.45) is 0 Å². The highest BCUT2D eigenvalue weighted by Gasteiger charge is 2.15. The van der Waals surface area contributed by atoms with Crippen LogP contribution in [-0.2, 0) is 0 Å². The molecule has 1 amide bonds. The van der Waals surface area contributed by atoms with Gasteiger partial charge in [0.05, 0.1) is 0 Å². The van der Waals surface area contributed by atoms with Crippen LogP contribution in [0.25, 0.3) is 0 Å². The molecule has 2 aromatic carbocycles. The maximum Gasteiger partial charge on any atom is 0.269 e. The van der Waals surface area contributed by atoms with Gasteiger partial charge in [0, 0.05) is 17.3 Å². The standard InChI is InChI=1S/C19H18N6O3/c1-11-2-4-12(5-3-11)19(26)25-24-18-16(20)17(21-9-22-18)23-13-6-7-14-15(8-13)28-10-27-14/h2-9H,10,20H2,1H3,(H,25,26)(H2,21,22,23,24). The highest BCUT2D eigenvalue weighted by Crippen LogP contribution is 2.35. The molecule has 0 fully saturated rings. The summed E-state index contributed by atoms with van der Waals surface area (Å²) in [6, 6.07) is 12.6. The van der Waals surface area contributed by atoms with Crippen molar-refractivity contribution in [1.82, 2.24) is 15.4 Å². The average molecular weight is 378 g/mol. The van der Waals surface area contributed by atoms with Crippen LogP contribution >= 0.6 is 0 Å². The Balaban J connectivity index is 1.46. The largest absolute Gasteiger partial charge is 0.454 e. The molecule has 5 N–H and O–H groups in total. The molecule has 1 aliphatic heterocycles. The number of hydrogen-bond acceptors (Lipinski definition) is 8. The first kappa shape index (κ1) is 17.4. The quantitative estimate of drug-likeness (QED) is 0.500. The minimum Gasteiger partial charge on any atom is -0.454 e. The van der Waals surface area contributed by atoms with E-state index in [1.54, 1.807) is 24.3 Å². The molecule has 142 valence electrons. The number of rotatable bonds is 5. The summed E-state index contributed by atoms with van der Waals surface area (Å²) in [7, 11) is 0. The molecule has 0 spiro atoms. The van der Waals surface area contributed by atoms with Crippen molar-refractivity contribution in [2.75, 3.05) is 23.3 Å². The number of hydrogen-bond donors (Lipinski definition) is 4. The number of anilines is 4. The van der Waals surface area contributed by atoms with Gasteiger partial charge in [-0.15, -0.1) is 0 Å². The highest BCUT2D eigenvalue weighted by atomic mass is 16.7. The molecule has 4 rings (SSSR count). The number of aryl methyl sites for hydroxylation is 1. The molecule has 0 aliphatic carbocycles. The maximum atomic E-state index is 12.2. The smallest absolute Gasteiger partial charge is 0.269 e. The number of fused-ring (bicyclic) bond motifs is 1. The van der Waals surface area contributed by atoms with Crippen molar-refractivity contribution >= 4 is 28.9 Å². The molecular formula is C19H18N6O3. The number of nitrogens with one attached hydrogen (secondary N) is 3. The summed E-state index contributed by atoms with van der Waals surface area (Å²) >= 11 is 0. The molecular weight excluding hydrogens is 360 g/mol. The van der Waals surface area contributed by atoms with Crippen molar-refractivity contribution in [2.45, 2.75) is 6.92 Å². The topological polar surface area (TPSA) is 123 Å². The van der Waals surface area contributed by atoms with E-state index in [0.717, 1.165) is 11.3 Å². The number of ether oxygens (including phenoxy) is 2. The van der Waals surface area contributed by atoms with Crippen LogP contribution in [-0.4, -0.2) is 22.7 Å². The SMILES string of the molecule is Cc1ccc(C(=O)NNc2ncnc(Nc3ccc4c(c3)OCO4)c2N)cc1. The van der Waals surface area contributed by atoms with Gasteiger partial charge in [-0.05, 0) is 31.2 Å². The fourth-order valence-corrected chi connectivity index (χ4v) is 2.60. The zero-order valence-corrected chi connectivity index (χ0v) is 15.0. The molecule has 9 heteroatoms. The third-order valence-corrected chi connectivity index (χ3v) is 4.13. The summed E-state index contributed by atoms with van der Waals surface area (Å²) in [5.41, 5.74) is 14.0. The summed E-state index contributed by atoms with van der Waals surface area (Å²) in [5, 5.41) is 3.10. The first-order chi connectivity index (χ1) is 13.6. The Morgan fingerprint density at radius 2 is 1.79 bits per heavy atom. The van der Waals surface area contributed by atoms with E-state index in [2.05, 4.69) is 26.1 Å². The van der Waals surface area contributed by atoms with Gasteiger partial charge in [0.2, 0.25) is 6.79 Å². The van der Waals surface area contributed by atoms with Gasteiger partial charge in [-0.25, -0.2) is 9.97 Å².